The Morgan fingerprint density at radius 3 is 2.18 bits per heavy atom. The van der Waals surface area contributed by atoms with Gasteiger partial charge in [0, 0.05) is 18.5 Å². The summed E-state index contributed by atoms with van der Waals surface area (Å²) in [6, 6.07) is 12.7. The zero-order chi connectivity index (χ0) is 27.6. The summed E-state index contributed by atoms with van der Waals surface area (Å²) < 4.78 is 54.6. The summed E-state index contributed by atoms with van der Waals surface area (Å²) in [4.78, 5) is 25.5. The molecule has 0 radical (unpaired) electrons. The molecule has 1 saturated heterocycles. The number of rotatable bonds is 10. The fraction of sp³-hybridized carbons (Fsp3) is 0.280. The lowest BCUT2D eigenvalue weighted by molar-refractivity contribution is -0.129. The van der Waals surface area contributed by atoms with Crippen molar-refractivity contribution in [1.82, 2.24) is 4.90 Å². The van der Waals surface area contributed by atoms with Crippen LogP contribution in [0.15, 0.2) is 52.9 Å². The van der Waals surface area contributed by atoms with E-state index in [4.69, 9.17) is 23.7 Å². The number of benzene rings is 2. The maximum Gasteiger partial charge on any atom is 0.335 e. The van der Waals surface area contributed by atoms with E-state index in [1.54, 1.807) is 36.4 Å². The summed E-state index contributed by atoms with van der Waals surface area (Å²) in [7, 11) is -0.296. The predicted molar refractivity (Wildman–Crippen MR) is 138 cm³/mol. The van der Waals surface area contributed by atoms with E-state index >= 15 is 0 Å². The number of hydrogen-bond acceptors (Lipinski definition) is 9. The molecule has 1 amide bonds. The smallest absolute Gasteiger partial charge is 0.335 e. The van der Waals surface area contributed by atoms with Crippen molar-refractivity contribution in [2.75, 3.05) is 21.3 Å². The number of hydrogen-bond donors (Lipinski definition) is 2. The van der Waals surface area contributed by atoms with Crippen LogP contribution in [-0.2, 0) is 27.9 Å². The van der Waals surface area contributed by atoms with E-state index in [1.807, 2.05) is 0 Å². The molecular formula is C25H25NO10S2. The van der Waals surface area contributed by atoms with E-state index < -0.39 is 32.0 Å². The number of carbonyl (C=O) groups excluding carboxylic acids is 1. The molecular weight excluding hydrogens is 538 g/mol. The van der Waals surface area contributed by atoms with Crippen LogP contribution in [0.2, 0.25) is 0 Å². The molecule has 3 aromatic rings. The number of carbonyl (C=O) groups is 2. The van der Waals surface area contributed by atoms with Gasteiger partial charge >= 0.3 is 5.97 Å². The van der Waals surface area contributed by atoms with Gasteiger partial charge in [0.1, 0.15) is 11.5 Å². The molecule has 1 fully saturated rings. The van der Waals surface area contributed by atoms with Crippen molar-refractivity contribution in [1.29, 1.82) is 0 Å². The third kappa shape index (κ3) is 5.59. The van der Waals surface area contributed by atoms with Gasteiger partial charge in [0.2, 0.25) is 16.4 Å². The van der Waals surface area contributed by atoms with Crippen LogP contribution in [-0.4, -0.2) is 66.1 Å². The van der Waals surface area contributed by atoms with Gasteiger partial charge in [0.15, 0.2) is 11.5 Å². The van der Waals surface area contributed by atoms with Gasteiger partial charge in [-0.25, -0.2) is 4.79 Å². The van der Waals surface area contributed by atoms with Crippen LogP contribution in [0.5, 0.6) is 17.2 Å². The van der Waals surface area contributed by atoms with Gasteiger partial charge in [-0.3, -0.25) is 9.35 Å². The van der Waals surface area contributed by atoms with Gasteiger partial charge in [-0.05, 0) is 42.0 Å². The first-order chi connectivity index (χ1) is 18.0. The van der Waals surface area contributed by atoms with Crippen LogP contribution in [0.3, 0.4) is 0 Å². The third-order valence-electron chi connectivity index (χ3n) is 5.89. The van der Waals surface area contributed by atoms with Crippen LogP contribution in [0.1, 0.15) is 21.7 Å². The van der Waals surface area contributed by atoms with Gasteiger partial charge in [0.05, 0.1) is 32.1 Å². The van der Waals surface area contributed by atoms with Crippen LogP contribution in [0.25, 0.3) is 11.3 Å². The second-order valence-electron chi connectivity index (χ2n) is 8.30. The fourth-order valence-corrected chi connectivity index (χ4v) is 6.69. The van der Waals surface area contributed by atoms with Crippen LogP contribution in [0.4, 0.5) is 0 Å². The largest absolute Gasteiger partial charge is 0.493 e. The van der Waals surface area contributed by atoms with Crippen molar-refractivity contribution in [2.24, 2.45) is 0 Å². The zero-order valence-corrected chi connectivity index (χ0v) is 22.2. The fourth-order valence-electron chi connectivity index (χ4n) is 4.11. The molecule has 2 unspecified atom stereocenters. The van der Waals surface area contributed by atoms with Crippen molar-refractivity contribution in [3.63, 3.8) is 0 Å². The summed E-state index contributed by atoms with van der Waals surface area (Å²) in [6.07, 6.45) is 0.0779. The highest BCUT2D eigenvalue weighted by molar-refractivity contribution is 8.12. The number of aromatic carboxylic acids is 1. The van der Waals surface area contributed by atoms with E-state index in [1.165, 1.54) is 33.5 Å². The number of ether oxygens (including phenoxy) is 3. The summed E-state index contributed by atoms with van der Waals surface area (Å²) in [5.74, 6) is 0.371. The number of carboxylic acid groups (broad SMARTS) is 1. The van der Waals surface area contributed by atoms with Gasteiger partial charge < -0.3 is 28.6 Å². The van der Waals surface area contributed by atoms with Crippen LogP contribution < -0.4 is 14.2 Å². The monoisotopic (exact) mass is 563 g/mol. The zero-order valence-electron chi connectivity index (χ0n) is 20.6. The molecule has 2 atom stereocenters. The molecule has 0 saturated carbocycles. The highest BCUT2D eigenvalue weighted by Gasteiger charge is 2.47. The Labute approximate surface area is 223 Å². The molecule has 0 spiro atoms. The van der Waals surface area contributed by atoms with Crippen molar-refractivity contribution in [3.8, 4) is 28.6 Å². The molecule has 11 nitrogen and oxygen atoms in total. The van der Waals surface area contributed by atoms with Gasteiger partial charge in [-0.1, -0.05) is 12.1 Å². The maximum atomic E-state index is 13.3. The molecule has 0 aliphatic carbocycles. The Morgan fingerprint density at radius 2 is 1.66 bits per heavy atom. The minimum Gasteiger partial charge on any atom is -0.493 e. The second kappa shape index (κ2) is 11.0. The standard InChI is InChI=1S/C25H25NO10S2/c1-33-19-10-14(11-20(34-2)22(19)35-3)13-26-23(27)21(37-25(26)38(30,31)32)12-17-8-9-18(36-17)15-4-6-16(7-5-15)24(28)29/h4-11,21,25H,12-13H2,1-3H3,(H,28,29)(H,30,31,32). The first kappa shape index (κ1) is 27.4. The Morgan fingerprint density at radius 1 is 1.03 bits per heavy atom. The molecule has 0 bridgehead atoms. The minimum atomic E-state index is -4.62. The molecule has 38 heavy (non-hydrogen) atoms. The highest BCUT2D eigenvalue weighted by Crippen LogP contribution is 2.41. The number of amides is 1. The molecule has 2 aromatic carbocycles. The summed E-state index contributed by atoms with van der Waals surface area (Å²) in [6.45, 7) is -0.136. The number of furan rings is 1. The van der Waals surface area contributed by atoms with Crippen molar-refractivity contribution in [3.05, 3.63) is 65.4 Å². The summed E-state index contributed by atoms with van der Waals surface area (Å²) in [5, 5.41) is 8.23. The lowest BCUT2D eigenvalue weighted by atomic mass is 10.1. The Kier molecular flexibility index (Phi) is 7.90. The average Bonchev–Trinajstić information content (AvgIpc) is 3.48. The number of carboxylic acids is 1. The van der Waals surface area contributed by atoms with Crippen molar-refractivity contribution < 1.29 is 46.3 Å². The van der Waals surface area contributed by atoms with E-state index in [0.717, 1.165) is 16.7 Å². The van der Waals surface area contributed by atoms with Gasteiger partial charge in [-0.2, -0.15) is 8.42 Å². The quantitative estimate of drug-likeness (QED) is 0.348. The Bertz CT molecular complexity index is 1420. The Hall–Kier alpha value is -3.68. The molecule has 2 heterocycles. The maximum absolute atomic E-state index is 13.3. The highest BCUT2D eigenvalue weighted by atomic mass is 32.3. The lowest BCUT2D eigenvalue weighted by Crippen LogP contribution is -2.38. The first-order valence-electron chi connectivity index (χ1n) is 11.2. The van der Waals surface area contributed by atoms with Gasteiger partial charge in [0.25, 0.3) is 10.1 Å². The topological polar surface area (TPSA) is 153 Å². The van der Waals surface area contributed by atoms with Crippen molar-refractivity contribution >= 4 is 33.8 Å². The number of thioether (sulfide) groups is 1. The van der Waals surface area contributed by atoms with Crippen LogP contribution >= 0.6 is 11.8 Å². The first-order valence-corrected chi connectivity index (χ1v) is 13.6. The number of nitrogens with zero attached hydrogens (tertiary/aromatic N) is 1. The van der Waals surface area contributed by atoms with E-state index in [-0.39, 0.29) is 18.5 Å². The van der Waals surface area contributed by atoms with E-state index in [2.05, 4.69) is 0 Å². The SMILES string of the molecule is COc1cc(CN2C(=O)C(Cc3ccc(-c4ccc(C(=O)O)cc4)o3)SC2S(=O)(=O)O)cc(OC)c1OC. The molecule has 1 aliphatic rings. The summed E-state index contributed by atoms with van der Waals surface area (Å²) >= 11 is 0.812. The molecule has 2 N–H and O–H groups in total. The average molecular weight is 564 g/mol. The normalized spacial score (nSPS) is 17.5. The minimum absolute atomic E-state index is 0.0779. The van der Waals surface area contributed by atoms with Crippen molar-refractivity contribution in [2.45, 2.75) is 22.9 Å². The summed E-state index contributed by atoms with van der Waals surface area (Å²) in [5.41, 5.74) is 1.29. The predicted octanol–water partition coefficient (Wildman–Crippen LogP) is 3.53. The van der Waals surface area contributed by atoms with Crippen LogP contribution in [0, 0.1) is 0 Å². The van der Waals surface area contributed by atoms with E-state index in [0.29, 0.717) is 39.9 Å². The second-order valence-corrected chi connectivity index (χ2v) is 11.4. The molecule has 4 rings (SSSR count). The van der Waals surface area contributed by atoms with E-state index in [9.17, 15) is 22.6 Å². The molecule has 13 heteroatoms. The van der Waals surface area contributed by atoms with Gasteiger partial charge in [-0.15, -0.1) is 11.8 Å². The number of methoxy groups -OCH3 is 3. The Balaban J connectivity index is 1.56. The molecule has 1 aromatic heterocycles. The third-order valence-corrected chi connectivity index (χ3v) is 8.90. The molecule has 1 aliphatic heterocycles. The lowest BCUT2D eigenvalue weighted by Gasteiger charge is -2.22. The molecule has 202 valence electrons.